The van der Waals surface area contributed by atoms with Crippen molar-refractivity contribution in [3.05, 3.63) is 25.3 Å². The van der Waals surface area contributed by atoms with Crippen LogP contribution in [0, 0.1) is 0 Å². The third-order valence-corrected chi connectivity index (χ3v) is 5.17. The van der Waals surface area contributed by atoms with Gasteiger partial charge in [0.15, 0.2) is 9.84 Å². The number of carbonyl (C=O) groups excluding carboxylic acids is 1. The van der Waals surface area contributed by atoms with Gasteiger partial charge in [0.05, 0.1) is 17.5 Å². The number of esters is 1. The van der Waals surface area contributed by atoms with Crippen LogP contribution in [-0.4, -0.2) is 56.0 Å². The lowest BCUT2D eigenvalue weighted by Crippen LogP contribution is -2.45. The summed E-state index contributed by atoms with van der Waals surface area (Å²) in [6.45, 7) is 10.4. The van der Waals surface area contributed by atoms with Crippen LogP contribution in [0.1, 0.15) is 26.2 Å². The normalized spacial score (nSPS) is 23.9. The van der Waals surface area contributed by atoms with Crippen molar-refractivity contribution in [2.75, 3.05) is 24.6 Å². The lowest BCUT2D eigenvalue weighted by Gasteiger charge is -2.29. The van der Waals surface area contributed by atoms with Crippen molar-refractivity contribution < 1.29 is 17.9 Å². The molecule has 0 radical (unpaired) electrons. The maximum Gasteiger partial charge on any atom is 0.306 e. The van der Waals surface area contributed by atoms with Crippen molar-refractivity contribution in [2.24, 2.45) is 0 Å². The molecule has 0 aliphatic carbocycles. The van der Waals surface area contributed by atoms with Gasteiger partial charge >= 0.3 is 5.97 Å². The molecule has 1 fully saturated rings. The Morgan fingerprint density at radius 3 is 2.43 bits per heavy atom. The van der Waals surface area contributed by atoms with Gasteiger partial charge in [-0.1, -0.05) is 25.5 Å². The SMILES string of the molecule is C=CCN(CC=C)C1CS(=O)(=O)CC1OC(=O)CCCC. The monoisotopic (exact) mass is 315 g/mol. The summed E-state index contributed by atoms with van der Waals surface area (Å²) < 4.78 is 29.2. The molecule has 2 atom stereocenters. The summed E-state index contributed by atoms with van der Waals surface area (Å²) in [5.41, 5.74) is 0. The van der Waals surface area contributed by atoms with E-state index in [0.29, 0.717) is 19.5 Å². The molecular formula is C15H25NO4S. The van der Waals surface area contributed by atoms with E-state index in [-0.39, 0.29) is 23.5 Å². The van der Waals surface area contributed by atoms with Gasteiger partial charge in [-0.05, 0) is 6.42 Å². The Bertz CT molecular complexity index is 462. The summed E-state index contributed by atoms with van der Waals surface area (Å²) in [6, 6.07) is -0.323. The first-order valence-corrected chi connectivity index (χ1v) is 9.11. The van der Waals surface area contributed by atoms with Crippen LogP contribution >= 0.6 is 0 Å². The van der Waals surface area contributed by atoms with Crippen molar-refractivity contribution in [3.63, 3.8) is 0 Å². The minimum absolute atomic E-state index is 0.0143. The van der Waals surface area contributed by atoms with Crippen molar-refractivity contribution in [1.82, 2.24) is 4.90 Å². The molecule has 21 heavy (non-hydrogen) atoms. The second-order valence-corrected chi connectivity index (χ2v) is 7.46. The van der Waals surface area contributed by atoms with Crippen molar-refractivity contribution in [2.45, 2.75) is 38.3 Å². The van der Waals surface area contributed by atoms with Crippen LogP contribution in [0.3, 0.4) is 0 Å². The quantitative estimate of drug-likeness (QED) is 0.477. The van der Waals surface area contributed by atoms with Crippen LogP contribution < -0.4 is 0 Å². The van der Waals surface area contributed by atoms with Crippen LogP contribution in [0.15, 0.2) is 25.3 Å². The van der Waals surface area contributed by atoms with Gasteiger partial charge in [0.2, 0.25) is 0 Å². The lowest BCUT2D eigenvalue weighted by atomic mass is 10.1. The topological polar surface area (TPSA) is 63.7 Å². The molecule has 0 amide bonds. The van der Waals surface area contributed by atoms with E-state index >= 15 is 0 Å². The Morgan fingerprint density at radius 1 is 1.29 bits per heavy atom. The smallest absolute Gasteiger partial charge is 0.306 e. The number of unbranched alkanes of at least 4 members (excludes halogenated alkanes) is 1. The molecule has 6 heteroatoms. The molecule has 1 heterocycles. The van der Waals surface area contributed by atoms with Gasteiger partial charge in [0.1, 0.15) is 6.10 Å². The molecule has 0 N–H and O–H groups in total. The van der Waals surface area contributed by atoms with Crippen molar-refractivity contribution in [1.29, 1.82) is 0 Å². The maximum absolute atomic E-state index is 11.9. The second-order valence-electron chi connectivity index (χ2n) is 5.31. The largest absolute Gasteiger partial charge is 0.460 e. The molecule has 0 aromatic rings. The number of rotatable bonds is 9. The molecule has 1 aliphatic rings. The molecule has 1 rings (SSSR count). The third kappa shape index (κ3) is 5.63. The van der Waals surface area contributed by atoms with Crippen LogP contribution in [0.5, 0.6) is 0 Å². The Kier molecular flexibility index (Phi) is 7.11. The summed E-state index contributed by atoms with van der Waals surface area (Å²) in [6.07, 6.45) is 4.82. The third-order valence-electron chi connectivity index (χ3n) is 3.49. The maximum atomic E-state index is 11.9. The van der Waals surface area contributed by atoms with E-state index < -0.39 is 15.9 Å². The van der Waals surface area contributed by atoms with E-state index in [4.69, 9.17) is 4.74 Å². The minimum Gasteiger partial charge on any atom is -0.460 e. The van der Waals surface area contributed by atoms with Gasteiger partial charge in [0.25, 0.3) is 0 Å². The minimum atomic E-state index is -3.18. The van der Waals surface area contributed by atoms with Crippen molar-refractivity contribution >= 4 is 15.8 Å². The van der Waals surface area contributed by atoms with Crippen LogP contribution in [0.25, 0.3) is 0 Å². The summed E-state index contributed by atoms with van der Waals surface area (Å²) in [4.78, 5) is 13.7. The standard InChI is InChI=1S/C15H25NO4S/c1-4-7-8-15(17)20-14-12-21(18,19)11-13(14)16(9-5-2)10-6-3/h5-6,13-14H,2-4,7-12H2,1H3. The highest BCUT2D eigenvalue weighted by Crippen LogP contribution is 2.22. The van der Waals surface area contributed by atoms with Gasteiger partial charge in [-0.25, -0.2) is 8.42 Å². The Balaban J connectivity index is 2.79. The zero-order valence-corrected chi connectivity index (χ0v) is 13.5. The number of sulfone groups is 1. The second kappa shape index (κ2) is 8.34. The Hall–Kier alpha value is -1.14. The van der Waals surface area contributed by atoms with E-state index in [2.05, 4.69) is 13.2 Å². The van der Waals surface area contributed by atoms with Gasteiger partial charge in [-0.2, -0.15) is 0 Å². The van der Waals surface area contributed by atoms with E-state index in [9.17, 15) is 13.2 Å². The highest BCUT2D eigenvalue weighted by molar-refractivity contribution is 7.91. The van der Waals surface area contributed by atoms with Gasteiger partial charge in [-0.3, -0.25) is 9.69 Å². The molecule has 120 valence electrons. The number of ether oxygens (including phenoxy) is 1. The fraction of sp³-hybridized carbons (Fsp3) is 0.667. The van der Waals surface area contributed by atoms with E-state index in [0.717, 1.165) is 12.8 Å². The molecule has 5 nitrogen and oxygen atoms in total. The molecular weight excluding hydrogens is 290 g/mol. The zero-order valence-electron chi connectivity index (χ0n) is 12.7. The molecule has 0 saturated carbocycles. The highest BCUT2D eigenvalue weighted by Gasteiger charge is 2.42. The summed E-state index contributed by atoms with van der Waals surface area (Å²) in [5, 5.41) is 0. The Labute approximate surface area is 127 Å². The Morgan fingerprint density at radius 2 is 1.90 bits per heavy atom. The van der Waals surface area contributed by atoms with Gasteiger partial charge in [0, 0.05) is 19.5 Å². The van der Waals surface area contributed by atoms with Gasteiger partial charge < -0.3 is 4.74 Å². The van der Waals surface area contributed by atoms with Crippen molar-refractivity contribution in [3.8, 4) is 0 Å². The number of nitrogens with zero attached hydrogens (tertiary/aromatic N) is 1. The first-order chi connectivity index (χ1) is 9.93. The number of hydrogen-bond acceptors (Lipinski definition) is 5. The molecule has 2 unspecified atom stereocenters. The predicted octanol–water partition coefficient (Wildman–Crippen LogP) is 1.56. The van der Waals surface area contributed by atoms with E-state index in [1.54, 1.807) is 12.2 Å². The average Bonchev–Trinajstić information content (AvgIpc) is 2.71. The fourth-order valence-corrected chi connectivity index (χ4v) is 4.35. The first-order valence-electron chi connectivity index (χ1n) is 7.29. The van der Waals surface area contributed by atoms with Gasteiger partial charge in [-0.15, -0.1) is 13.2 Å². The van der Waals surface area contributed by atoms with Crippen LogP contribution in [0.2, 0.25) is 0 Å². The molecule has 1 aliphatic heterocycles. The van der Waals surface area contributed by atoms with Crippen LogP contribution in [0.4, 0.5) is 0 Å². The van der Waals surface area contributed by atoms with E-state index in [1.807, 2.05) is 11.8 Å². The number of hydrogen-bond donors (Lipinski definition) is 0. The molecule has 0 spiro atoms. The summed E-state index contributed by atoms with van der Waals surface area (Å²) in [5.74, 6) is -0.401. The highest BCUT2D eigenvalue weighted by atomic mass is 32.2. The molecule has 1 saturated heterocycles. The number of carbonyl (C=O) groups is 1. The summed E-state index contributed by atoms with van der Waals surface area (Å²) in [7, 11) is -3.18. The zero-order chi connectivity index (χ0) is 15.9. The first kappa shape index (κ1) is 17.9. The lowest BCUT2D eigenvalue weighted by molar-refractivity contribution is -0.150. The van der Waals surface area contributed by atoms with E-state index in [1.165, 1.54) is 0 Å². The predicted molar refractivity (Wildman–Crippen MR) is 83.8 cm³/mol. The molecule has 0 aromatic carbocycles. The fourth-order valence-electron chi connectivity index (χ4n) is 2.48. The molecule has 0 aromatic heterocycles. The van der Waals surface area contributed by atoms with Crippen LogP contribution in [-0.2, 0) is 19.4 Å². The molecule has 0 bridgehead atoms. The summed E-state index contributed by atoms with van der Waals surface area (Å²) >= 11 is 0. The average molecular weight is 315 g/mol.